The highest BCUT2D eigenvalue weighted by molar-refractivity contribution is 7.99. The van der Waals surface area contributed by atoms with Crippen LogP contribution in [-0.4, -0.2) is 27.5 Å². The predicted molar refractivity (Wildman–Crippen MR) is 98.6 cm³/mol. The van der Waals surface area contributed by atoms with Gasteiger partial charge in [0.2, 0.25) is 5.16 Å². The minimum atomic E-state index is 0.700. The van der Waals surface area contributed by atoms with Gasteiger partial charge >= 0.3 is 0 Å². The van der Waals surface area contributed by atoms with Crippen molar-refractivity contribution in [2.45, 2.75) is 25.4 Å². The Kier molecular flexibility index (Phi) is 5.54. The molecule has 0 aliphatic rings. The maximum absolute atomic E-state index is 5.82. The number of hydrogen-bond donors (Lipinski definition) is 1. The molecule has 0 saturated carbocycles. The van der Waals surface area contributed by atoms with Gasteiger partial charge in [-0.05, 0) is 43.5 Å². The summed E-state index contributed by atoms with van der Waals surface area (Å²) in [6.45, 7) is 4.87. The van der Waals surface area contributed by atoms with Crippen LogP contribution in [0, 0.1) is 13.8 Å². The molecule has 0 fully saturated rings. The molecule has 24 heavy (non-hydrogen) atoms. The van der Waals surface area contributed by atoms with Gasteiger partial charge in [-0.2, -0.15) is 0 Å². The number of thioether (sulfide) groups is 1. The summed E-state index contributed by atoms with van der Waals surface area (Å²) in [5, 5.41) is 8.02. The van der Waals surface area contributed by atoms with E-state index in [1.165, 1.54) is 11.1 Å². The number of rotatable bonds is 7. The van der Waals surface area contributed by atoms with E-state index in [1.54, 1.807) is 11.8 Å². The summed E-state index contributed by atoms with van der Waals surface area (Å²) in [4.78, 5) is 4.51. The number of hydrogen-bond acceptors (Lipinski definition) is 4. The average Bonchev–Trinajstić information content (AvgIpc) is 3.03. The SMILES string of the molecule is Cc1cc(C)cc(OCCCSc2n[nH]c(-c3ccccc3)n2)c1. The van der Waals surface area contributed by atoms with Crippen molar-refractivity contribution in [3.63, 3.8) is 0 Å². The highest BCUT2D eigenvalue weighted by atomic mass is 32.2. The molecule has 124 valence electrons. The van der Waals surface area contributed by atoms with Crippen LogP contribution >= 0.6 is 11.8 Å². The first kappa shape index (κ1) is 16.6. The quantitative estimate of drug-likeness (QED) is 0.503. The molecule has 0 aliphatic heterocycles. The molecule has 0 unspecified atom stereocenters. The predicted octanol–water partition coefficient (Wildman–Crippen LogP) is 4.65. The molecule has 3 rings (SSSR count). The minimum absolute atomic E-state index is 0.700. The van der Waals surface area contributed by atoms with Crippen LogP contribution in [0.2, 0.25) is 0 Å². The largest absolute Gasteiger partial charge is 0.494 e. The van der Waals surface area contributed by atoms with Gasteiger partial charge in [-0.15, -0.1) is 5.10 Å². The van der Waals surface area contributed by atoms with E-state index in [9.17, 15) is 0 Å². The van der Waals surface area contributed by atoms with Crippen LogP contribution in [0.5, 0.6) is 5.75 Å². The first-order valence-corrected chi connectivity index (χ1v) is 9.01. The molecule has 4 nitrogen and oxygen atoms in total. The lowest BCUT2D eigenvalue weighted by Gasteiger charge is -2.07. The summed E-state index contributed by atoms with van der Waals surface area (Å²) in [6.07, 6.45) is 0.951. The molecular weight excluding hydrogens is 318 g/mol. The van der Waals surface area contributed by atoms with Crippen molar-refractivity contribution in [1.29, 1.82) is 0 Å². The monoisotopic (exact) mass is 339 g/mol. The third-order valence-corrected chi connectivity index (χ3v) is 4.43. The second-order valence-corrected chi connectivity index (χ2v) is 6.77. The molecule has 1 heterocycles. The van der Waals surface area contributed by atoms with Crippen molar-refractivity contribution in [3.8, 4) is 17.1 Å². The van der Waals surface area contributed by atoms with E-state index < -0.39 is 0 Å². The zero-order valence-electron chi connectivity index (χ0n) is 14.0. The van der Waals surface area contributed by atoms with Crippen LogP contribution in [-0.2, 0) is 0 Å². The van der Waals surface area contributed by atoms with Crippen molar-refractivity contribution < 1.29 is 4.74 Å². The number of aromatic amines is 1. The normalized spacial score (nSPS) is 10.8. The second-order valence-electron chi connectivity index (χ2n) is 5.71. The van der Waals surface area contributed by atoms with Crippen molar-refractivity contribution >= 4 is 11.8 Å². The van der Waals surface area contributed by atoms with Crippen molar-refractivity contribution in [3.05, 3.63) is 59.7 Å². The number of nitrogens with one attached hydrogen (secondary N) is 1. The number of nitrogens with zero attached hydrogens (tertiary/aromatic N) is 2. The summed E-state index contributed by atoms with van der Waals surface area (Å²) in [5.74, 6) is 2.68. The Bertz CT molecular complexity index is 766. The summed E-state index contributed by atoms with van der Waals surface area (Å²) in [6, 6.07) is 16.3. The van der Waals surface area contributed by atoms with Gasteiger partial charge < -0.3 is 4.74 Å². The molecule has 0 bridgehead atoms. The lowest BCUT2D eigenvalue weighted by molar-refractivity contribution is 0.318. The summed E-state index contributed by atoms with van der Waals surface area (Å²) in [7, 11) is 0. The molecule has 0 atom stereocenters. The summed E-state index contributed by atoms with van der Waals surface area (Å²) < 4.78 is 5.82. The Hall–Kier alpha value is -2.27. The van der Waals surface area contributed by atoms with Crippen LogP contribution in [0.25, 0.3) is 11.4 Å². The molecule has 1 N–H and O–H groups in total. The first-order valence-electron chi connectivity index (χ1n) is 8.02. The van der Waals surface area contributed by atoms with E-state index in [-0.39, 0.29) is 0 Å². The summed E-state index contributed by atoms with van der Waals surface area (Å²) >= 11 is 1.64. The van der Waals surface area contributed by atoms with Crippen molar-refractivity contribution in [1.82, 2.24) is 15.2 Å². The molecule has 0 amide bonds. The van der Waals surface area contributed by atoms with Crippen molar-refractivity contribution in [2.75, 3.05) is 12.4 Å². The number of aromatic nitrogens is 3. The topological polar surface area (TPSA) is 50.8 Å². The Morgan fingerprint density at radius 3 is 2.54 bits per heavy atom. The maximum atomic E-state index is 5.82. The van der Waals surface area contributed by atoms with Gasteiger partial charge in [-0.25, -0.2) is 4.98 Å². The van der Waals surface area contributed by atoms with Gasteiger partial charge in [0.15, 0.2) is 5.82 Å². The highest BCUT2D eigenvalue weighted by Crippen LogP contribution is 2.20. The van der Waals surface area contributed by atoms with E-state index in [0.29, 0.717) is 6.61 Å². The molecule has 5 heteroatoms. The fourth-order valence-electron chi connectivity index (χ4n) is 2.46. The van der Waals surface area contributed by atoms with E-state index in [4.69, 9.17) is 4.74 Å². The second kappa shape index (κ2) is 8.02. The van der Waals surface area contributed by atoms with Gasteiger partial charge in [-0.1, -0.05) is 48.2 Å². The smallest absolute Gasteiger partial charge is 0.208 e. The number of aryl methyl sites for hydroxylation is 2. The van der Waals surface area contributed by atoms with Crippen LogP contribution in [0.15, 0.2) is 53.7 Å². The number of benzene rings is 2. The standard InChI is InChI=1S/C19H21N3OS/c1-14-11-15(2)13-17(12-14)23-9-6-10-24-19-20-18(21-22-19)16-7-4-3-5-8-16/h3-5,7-8,11-13H,6,9-10H2,1-2H3,(H,20,21,22). The molecular formula is C19H21N3OS. The third-order valence-electron chi connectivity index (χ3n) is 3.50. The maximum Gasteiger partial charge on any atom is 0.208 e. The Morgan fingerprint density at radius 2 is 1.79 bits per heavy atom. The summed E-state index contributed by atoms with van der Waals surface area (Å²) in [5.41, 5.74) is 3.51. The highest BCUT2D eigenvalue weighted by Gasteiger charge is 2.05. The molecule has 0 aliphatic carbocycles. The van der Waals surface area contributed by atoms with Crippen molar-refractivity contribution in [2.24, 2.45) is 0 Å². The first-order chi connectivity index (χ1) is 11.7. The van der Waals surface area contributed by atoms with Gasteiger partial charge in [0, 0.05) is 11.3 Å². The average molecular weight is 339 g/mol. The van der Waals surface area contributed by atoms with Crippen LogP contribution in [0.4, 0.5) is 0 Å². The lowest BCUT2D eigenvalue weighted by Crippen LogP contribution is -1.99. The Labute approximate surface area is 146 Å². The molecule has 1 aromatic heterocycles. The lowest BCUT2D eigenvalue weighted by atomic mass is 10.1. The Morgan fingerprint density at radius 1 is 1.04 bits per heavy atom. The number of ether oxygens (including phenoxy) is 1. The Balaban J connectivity index is 1.43. The third kappa shape index (κ3) is 4.61. The van der Waals surface area contributed by atoms with E-state index in [1.807, 2.05) is 30.3 Å². The number of H-pyrrole nitrogens is 1. The molecule has 0 radical (unpaired) electrons. The van der Waals surface area contributed by atoms with Crippen LogP contribution < -0.4 is 4.74 Å². The van der Waals surface area contributed by atoms with E-state index in [2.05, 4.69) is 47.2 Å². The molecule has 0 saturated heterocycles. The zero-order valence-corrected chi connectivity index (χ0v) is 14.8. The molecule has 2 aromatic carbocycles. The van der Waals surface area contributed by atoms with Gasteiger partial charge in [0.25, 0.3) is 0 Å². The zero-order chi connectivity index (χ0) is 16.8. The van der Waals surface area contributed by atoms with Gasteiger partial charge in [0.1, 0.15) is 5.75 Å². The molecule has 3 aromatic rings. The van der Waals surface area contributed by atoms with E-state index >= 15 is 0 Å². The van der Waals surface area contributed by atoms with Gasteiger partial charge in [-0.3, -0.25) is 5.10 Å². The van der Waals surface area contributed by atoms with Crippen LogP contribution in [0.1, 0.15) is 17.5 Å². The van der Waals surface area contributed by atoms with E-state index in [0.717, 1.165) is 34.5 Å². The van der Waals surface area contributed by atoms with Gasteiger partial charge in [0.05, 0.1) is 6.61 Å². The fourth-order valence-corrected chi connectivity index (χ4v) is 3.18. The molecule has 0 spiro atoms. The minimum Gasteiger partial charge on any atom is -0.494 e. The van der Waals surface area contributed by atoms with Crippen LogP contribution in [0.3, 0.4) is 0 Å². The fraction of sp³-hybridized carbons (Fsp3) is 0.263.